The minimum Gasteiger partial charge on any atom is -0.326 e. The molecule has 2 aromatic carbocycles. The molecule has 0 aliphatic heterocycles. The van der Waals surface area contributed by atoms with Gasteiger partial charge in [0.25, 0.3) is 10.0 Å². The monoisotopic (exact) mass is 324 g/mol. The Morgan fingerprint density at radius 3 is 2.38 bits per heavy atom. The molecule has 0 aromatic heterocycles. The maximum atomic E-state index is 12.2. The summed E-state index contributed by atoms with van der Waals surface area (Å²) in [5, 5.41) is 2.92. The normalized spacial score (nSPS) is 11.0. The van der Waals surface area contributed by atoms with Crippen LogP contribution in [0.25, 0.3) is 0 Å². The summed E-state index contributed by atoms with van der Waals surface area (Å²) in [6.45, 7) is 1.38. The summed E-state index contributed by atoms with van der Waals surface area (Å²) >= 11 is 5.80. The van der Waals surface area contributed by atoms with Gasteiger partial charge in [-0.2, -0.15) is 0 Å². The van der Waals surface area contributed by atoms with Crippen LogP contribution in [-0.4, -0.2) is 14.3 Å². The molecule has 2 N–H and O–H groups in total. The first-order valence-electron chi connectivity index (χ1n) is 6.03. The Labute approximate surface area is 128 Å². The highest BCUT2D eigenvalue weighted by Crippen LogP contribution is 2.21. The smallest absolute Gasteiger partial charge is 0.261 e. The van der Waals surface area contributed by atoms with Crippen molar-refractivity contribution in [2.45, 2.75) is 11.8 Å². The van der Waals surface area contributed by atoms with E-state index >= 15 is 0 Å². The van der Waals surface area contributed by atoms with E-state index in [1.54, 1.807) is 30.3 Å². The first-order valence-corrected chi connectivity index (χ1v) is 7.89. The molecule has 0 saturated carbocycles. The third-order valence-electron chi connectivity index (χ3n) is 2.54. The SMILES string of the molecule is CC(=O)Nc1cccc(NS(=O)(=O)c2cccc(Cl)c2)c1. The van der Waals surface area contributed by atoms with Crippen LogP contribution in [-0.2, 0) is 14.8 Å². The fourth-order valence-electron chi connectivity index (χ4n) is 1.71. The quantitative estimate of drug-likeness (QED) is 0.907. The molecule has 0 spiro atoms. The van der Waals surface area contributed by atoms with Gasteiger partial charge in [-0.3, -0.25) is 9.52 Å². The lowest BCUT2D eigenvalue weighted by Crippen LogP contribution is -2.13. The Morgan fingerprint density at radius 2 is 1.71 bits per heavy atom. The molecule has 0 atom stereocenters. The topological polar surface area (TPSA) is 75.3 Å². The first-order chi connectivity index (χ1) is 9.87. The lowest BCUT2D eigenvalue weighted by atomic mass is 10.3. The predicted molar refractivity (Wildman–Crippen MR) is 83.0 cm³/mol. The van der Waals surface area contributed by atoms with Crippen molar-refractivity contribution in [1.29, 1.82) is 0 Å². The van der Waals surface area contributed by atoms with E-state index in [4.69, 9.17) is 11.6 Å². The van der Waals surface area contributed by atoms with Crippen molar-refractivity contribution in [1.82, 2.24) is 0 Å². The van der Waals surface area contributed by atoms with Crippen LogP contribution in [0.1, 0.15) is 6.92 Å². The molecule has 110 valence electrons. The zero-order valence-electron chi connectivity index (χ0n) is 11.1. The highest BCUT2D eigenvalue weighted by atomic mass is 35.5. The van der Waals surface area contributed by atoms with Gasteiger partial charge in [-0.1, -0.05) is 23.7 Å². The van der Waals surface area contributed by atoms with Crippen LogP contribution >= 0.6 is 11.6 Å². The summed E-state index contributed by atoms with van der Waals surface area (Å²) in [6, 6.07) is 12.4. The number of anilines is 2. The van der Waals surface area contributed by atoms with Crippen LogP contribution in [0.4, 0.5) is 11.4 Å². The summed E-state index contributed by atoms with van der Waals surface area (Å²) in [4.78, 5) is 11.1. The Bertz CT molecular complexity index is 775. The Morgan fingerprint density at radius 1 is 1.05 bits per heavy atom. The fourth-order valence-corrected chi connectivity index (χ4v) is 3.06. The largest absolute Gasteiger partial charge is 0.326 e. The van der Waals surface area contributed by atoms with Crippen molar-refractivity contribution >= 4 is 38.9 Å². The third kappa shape index (κ3) is 4.21. The average Bonchev–Trinajstić information content (AvgIpc) is 2.37. The predicted octanol–water partition coefficient (Wildman–Crippen LogP) is 3.10. The molecule has 0 bridgehead atoms. The molecule has 0 unspecified atom stereocenters. The van der Waals surface area contributed by atoms with Crippen LogP contribution in [0.2, 0.25) is 5.02 Å². The van der Waals surface area contributed by atoms with Crippen molar-refractivity contribution in [3.05, 3.63) is 53.6 Å². The van der Waals surface area contributed by atoms with Crippen molar-refractivity contribution in [2.24, 2.45) is 0 Å². The highest BCUT2D eigenvalue weighted by molar-refractivity contribution is 7.92. The molecule has 21 heavy (non-hydrogen) atoms. The number of hydrogen-bond acceptors (Lipinski definition) is 3. The van der Waals surface area contributed by atoms with E-state index in [-0.39, 0.29) is 10.8 Å². The maximum Gasteiger partial charge on any atom is 0.261 e. The highest BCUT2D eigenvalue weighted by Gasteiger charge is 2.14. The number of halogens is 1. The third-order valence-corrected chi connectivity index (χ3v) is 4.16. The second kappa shape index (κ2) is 6.15. The van der Waals surface area contributed by atoms with Gasteiger partial charge in [0.15, 0.2) is 0 Å². The van der Waals surface area contributed by atoms with Gasteiger partial charge in [0.1, 0.15) is 0 Å². The Kier molecular flexibility index (Phi) is 4.50. The second-order valence-corrected chi connectivity index (χ2v) is 6.44. The molecule has 0 aliphatic carbocycles. The van der Waals surface area contributed by atoms with E-state index < -0.39 is 10.0 Å². The molecule has 5 nitrogen and oxygen atoms in total. The van der Waals surface area contributed by atoms with E-state index in [1.165, 1.54) is 25.1 Å². The molecule has 0 aliphatic rings. The van der Waals surface area contributed by atoms with Gasteiger partial charge >= 0.3 is 0 Å². The van der Waals surface area contributed by atoms with Gasteiger partial charge < -0.3 is 5.32 Å². The van der Waals surface area contributed by atoms with Gasteiger partial charge in [0, 0.05) is 17.6 Å². The first kappa shape index (κ1) is 15.3. The number of sulfonamides is 1. The van der Waals surface area contributed by atoms with Crippen molar-refractivity contribution in [3.63, 3.8) is 0 Å². The molecule has 1 amide bonds. The number of rotatable bonds is 4. The van der Waals surface area contributed by atoms with E-state index in [1.807, 2.05) is 0 Å². The molecule has 7 heteroatoms. The zero-order chi connectivity index (χ0) is 15.5. The van der Waals surface area contributed by atoms with Crippen molar-refractivity contribution in [2.75, 3.05) is 10.0 Å². The average molecular weight is 325 g/mol. The molecule has 2 aromatic rings. The molecule has 2 rings (SSSR count). The standard InChI is InChI=1S/C14H13ClN2O3S/c1-10(18)16-12-5-3-6-13(9-12)17-21(19,20)14-7-2-4-11(15)8-14/h2-9,17H,1H3,(H,16,18). The van der Waals surface area contributed by atoms with Gasteiger partial charge in [-0.15, -0.1) is 0 Å². The van der Waals surface area contributed by atoms with Gasteiger partial charge in [0.2, 0.25) is 5.91 Å². The van der Waals surface area contributed by atoms with E-state index in [9.17, 15) is 13.2 Å². The van der Waals surface area contributed by atoms with E-state index in [0.717, 1.165) is 0 Å². The second-order valence-electron chi connectivity index (χ2n) is 4.32. The summed E-state index contributed by atoms with van der Waals surface area (Å²) in [7, 11) is -3.73. The van der Waals surface area contributed by atoms with Crippen LogP contribution in [0.5, 0.6) is 0 Å². The Hall–Kier alpha value is -2.05. The zero-order valence-corrected chi connectivity index (χ0v) is 12.7. The van der Waals surface area contributed by atoms with Gasteiger partial charge in [-0.25, -0.2) is 8.42 Å². The van der Waals surface area contributed by atoms with Crippen molar-refractivity contribution in [3.8, 4) is 0 Å². The fraction of sp³-hybridized carbons (Fsp3) is 0.0714. The number of hydrogen-bond donors (Lipinski definition) is 2. The molecule has 0 fully saturated rings. The van der Waals surface area contributed by atoms with Crippen LogP contribution < -0.4 is 10.0 Å². The number of carbonyl (C=O) groups is 1. The number of carbonyl (C=O) groups excluding carboxylic acids is 1. The van der Waals surface area contributed by atoms with E-state index in [2.05, 4.69) is 10.0 Å². The minimum absolute atomic E-state index is 0.0694. The van der Waals surface area contributed by atoms with Crippen LogP contribution in [0.3, 0.4) is 0 Å². The lowest BCUT2D eigenvalue weighted by Gasteiger charge is -2.10. The number of nitrogens with one attached hydrogen (secondary N) is 2. The summed E-state index contributed by atoms with van der Waals surface area (Å²) in [6.07, 6.45) is 0. The van der Waals surface area contributed by atoms with Gasteiger partial charge in [0.05, 0.1) is 10.6 Å². The minimum atomic E-state index is -3.73. The number of amides is 1. The molecular weight excluding hydrogens is 312 g/mol. The molecule has 0 radical (unpaired) electrons. The van der Waals surface area contributed by atoms with Crippen LogP contribution in [0.15, 0.2) is 53.4 Å². The summed E-state index contributed by atoms with van der Waals surface area (Å²) in [5.41, 5.74) is 0.856. The maximum absolute atomic E-state index is 12.2. The molecule has 0 heterocycles. The lowest BCUT2D eigenvalue weighted by molar-refractivity contribution is -0.114. The van der Waals surface area contributed by atoms with Crippen molar-refractivity contribution < 1.29 is 13.2 Å². The molecule has 0 saturated heterocycles. The van der Waals surface area contributed by atoms with Gasteiger partial charge in [-0.05, 0) is 36.4 Å². The Balaban J connectivity index is 2.26. The summed E-state index contributed by atoms with van der Waals surface area (Å²) in [5.74, 6) is -0.232. The summed E-state index contributed by atoms with van der Waals surface area (Å²) < 4.78 is 26.9. The number of benzene rings is 2. The van der Waals surface area contributed by atoms with Crippen LogP contribution in [0, 0.1) is 0 Å². The van der Waals surface area contributed by atoms with E-state index in [0.29, 0.717) is 16.4 Å². The molecular formula is C14H13ClN2O3S.